The van der Waals surface area contributed by atoms with Crippen molar-refractivity contribution < 1.29 is 9.31 Å². The summed E-state index contributed by atoms with van der Waals surface area (Å²) in [5.41, 5.74) is 1.01. The Bertz CT molecular complexity index is 605. The Kier molecular flexibility index (Phi) is 4.24. The molecule has 0 spiro atoms. The van der Waals surface area contributed by atoms with Gasteiger partial charge in [-0.05, 0) is 18.2 Å². The number of hydrogen-bond donors (Lipinski definition) is 0. The fraction of sp³-hybridized carbons (Fsp3) is 0.214. The van der Waals surface area contributed by atoms with Crippen molar-refractivity contribution in [2.75, 3.05) is 18.5 Å². The molecule has 0 aliphatic rings. The molecule has 2 rings (SSSR count). The second kappa shape index (κ2) is 6.10. The first kappa shape index (κ1) is 13.9. The fourth-order valence-electron chi connectivity index (χ4n) is 1.87. The fourth-order valence-corrected chi connectivity index (χ4v) is 1.87. The number of halogens is 1. The van der Waals surface area contributed by atoms with Crippen LogP contribution in [0.2, 0.25) is 0 Å². The van der Waals surface area contributed by atoms with Crippen LogP contribution in [0.25, 0.3) is 0 Å². The summed E-state index contributed by atoms with van der Waals surface area (Å²) < 4.78 is 13.8. The highest BCUT2D eigenvalue weighted by molar-refractivity contribution is 5.51. The number of anilines is 1. The number of nitro benzene ring substituents is 1. The SMILES string of the molecule is CN(CCc1ccccn1)c1ccc([N+](=O)[O-])cc1F. The van der Waals surface area contributed by atoms with Gasteiger partial charge in [-0.25, -0.2) is 4.39 Å². The van der Waals surface area contributed by atoms with Gasteiger partial charge in [-0.3, -0.25) is 15.1 Å². The highest BCUT2D eigenvalue weighted by Gasteiger charge is 2.13. The molecule has 2 aromatic rings. The van der Waals surface area contributed by atoms with Crippen LogP contribution in [-0.2, 0) is 6.42 Å². The van der Waals surface area contributed by atoms with E-state index >= 15 is 0 Å². The van der Waals surface area contributed by atoms with Crippen LogP contribution in [0.3, 0.4) is 0 Å². The molecule has 0 radical (unpaired) electrons. The van der Waals surface area contributed by atoms with Crippen LogP contribution in [0, 0.1) is 15.9 Å². The van der Waals surface area contributed by atoms with Crippen molar-refractivity contribution in [2.45, 2.75) is 6.42 Å². The molecule has 0 unspecified atom stereocenters. The Morgan fingerprint density at radius 3 is 2.75 bits per heavy atom. The van der Waals surface area contributed by atoms with E-state index in [0.29, 0.717) is 18.7 Å². The average molecular weight is 275 g/mol. The Balaban J connectivity index is 2.06. The predicted molar refractivity (Wildman–Crippen MR) is 74.3 cm³/mol. The van der Waals surface area contributed by atoms with E-state index in [4.69, 9.17) is 0 Å². The minimum Gasteiger partial charge on any atom is -0.372 e. The molecule has 0 atom stereocenters. The molecule has 0 saturated carbocycles. The number of nitro groups is 1. The van der Waals surface area contributed by atoms with Crippen molar-refractivity contribution >= 4 is 11.4 Å². The van der Waals surface area contributed by atoms with Gasteiger partial charge in [0.2, 0.25) is 0 Å². The second-order valence-electron chi connectivity index (χ2n) is 4.39. The first-order chi connectivity index (χ1) is 9.58. The maximum atomic E-state index is 13.8. The summed E-state index contributed by atoms with van der Waals surface area (Å²) in [5, 5.41) is 10.6. The lowest BCUT2D eigenvalue weighted by molar-refractivity contribution is -0.385. The average Bonchev–Trinajstić information content (AvgIpc) is 2.45. The van der Waals surface area contributed by atoms with Crippen LogP contribution in [0.5, 0.6) is 0 Å². The number of rotatable bonds is 5. The van der Waals surface area contributed by atoms with E-state index in [0.717, 1.165) is 11.8 Å². The van der Waals surface area contributed by atoms with Gasteiger partial charge in [0, 0.05) is 38.0 Å². The van der Waals surface area contributed by atoms with Gasteiger partial charge in [0.15, 0.2) is 5.82 Å². The summed E-state index contributed by atoms with van der Waals surface area (Å²) in [4.78, 5) is 15.9. The summed E-state index contributed by atoms with van der Waals surface area (Å²) in [6, 6.07) is 9.30. The summed E-state index contributed by atoms with van der Waals surface area (Å²) in [7, 11) is 1.74. The molecule has 0 amide bonds. The zero-order valence-electron chi connectivity index (χ0n) is 11.0. The maximum absolute atomic E-state index is 13.8. The van der Waals surface area contributed by atoms with E-state index in [9.17, 15) is 14.5 Å². The maximum Gasteiger partial charge on any atom is 0.272 e. The minimum atomic E-state index is -0.610. The summed E-state index contributed by atoms with van der Waals surface area (Å²) in [6.07, 6.45) is 2.38. The van der Waals surface area contributed by atoms with E-state index in [2.05, 4.69) is 4.98 Å². The Morgan fingerprint density at radius 1 is 1.35 bits per heavy atom. The molecule has 20 heavy (non-hydrogen) atoms. The first-order valence-corrected chi connectivity index (χ1v) is 6.13. The monoisotopic (exact) mass is 275 g/mol. The molecule has 5 nitrogen and oxygen atoms in total. The van der Waals surface area contributed by atoms with Crippen molar-refractivity contribution in [1.82, 2.24) is 4.98 Å². The number of hydrogen-bond acceptors (Lipinski definition) is 4. The van der Waals surface area contributed by atoms with Gasteiger partial charge in [-0.1, -0.05) is 6.07 Å². The standard InChI is InChI=1S/C14H14FN3O2/c1-17(9-7-11-4-2-3-8-16-11)14-6-5-12(18(19)20)10-13(14)15/h2-6,8,10H,7,9H2,1H3. The molecular formula is C14H14FN3O2. The van der Waals surface area contributed by atoms with Crippen molar-refractivity contribution in [3.63, 3.8) is 0 Å². The molecule has 0 bridgehead atoms. The topological polar surface area (TPSA) is 59.3 Å². The smallest absolute Gasteiger partial charge is 0.272 e. The van der Waals surface area contributed by atoms with E-state index < -0.39 is 10.7 Å². The number of aromatic nitrogens is 1. The van der Waals surface area contributed by atoms with Crippen LogP contribution in [0.1, 0.15) is 5.69 Å². The second-order valence-corrected chi connectivity index (χ2v) is 4.39. The molecule has 104 valence electrons. The summed E-state index contributed by atoms with van der Waals surface area (Å²) in [6.45, 7) is 0.575. The van der Waals surface area contributed by atoms with E-state index in [1.807, 2.05) is 18.2 Å². The van der Waals surface area contributed by atoms with Crippen molar-refractivity contribution in [2.24, 2.45) is 0 Å². The third-order valence-corrected chi connectivity index (χ3v) is 2.98. The Hall–Kier alpha value is -2.50. The summed E-state index contributed by atoms with van der Waals surface area (Å²) >= 11 is 0. The molecule has 6 heteroatoms. The van der Waals surface area contributed by atoms with Crippen molar-refractivity contribution in [3.8, 4) is 0 Å². The predicted octanol–water partition coefficient (Wildman–Crippen LogP) is 2.81. The van der Waals surface area contributed by atoms with Gasteiger partial charge >= 0.3 is 0 Å². The number of pyridine rings is 1. The zero-order chi connectivity index (χ0) is 14.5. The largest absolute Gasteiger partial charge is 0.372 e. The van der Waals surface area contributed by atoms with Gasteiger partial charge in [-0.15, -0.1) is 0 Å². The van der Waals surface area contributed by atoms with E-state index in [1.165, 1.54) is 12.1 Å². The number of non-ortho nitro benzene ring substituents is 1. The number of benzene rings is 1. The van der Waals surface area contributed by atoms with Gasteiger partial charge < -0.3 is 4.90 Å². The highest BCUT2D eigenvalue weighted by atomic mass is 19.1. The van der Waals surface area contributed by atoms with Crippen LogP contribution in [0.4, 0.5) is 15.8 Å². The minimum absolute atomic E-state index is 0.246. The zero-order valence-corrected chi connectivity index (χ0v) is 11.0. The number of nitrogens with zero attached hydrogens (tertiary/aromatic N) is 3. The van der Waals surface area contributed by atoms with E-state index in [-0.39, 0.29) is 5.69 Å². The van der Waals surface area contributed by atoms with Crippen LogP contribution < -0.4 is 4.90 Å². The molecule has 1 heterocycles. The third-order valence-electron chi connectivity index (χ3n) is 2.98. The van der Waals surface area contributed by atoms with Gasteiger partial charge in [0.1, 0.15) is 0 Å². The molecule has 0 saturated heterocycles. The molecule has 0 fully saturated rings. The lowest BCUT2D eigenvalue weighted by atomic mass is 10.2. The Labute approximate surface area is 115 Å². The van der Waals surface area contributed by atoms with Gasteiger partial charge in [0.05, 0.1) is 16.7 Å². The Morgan fingerprint density at radius 2 is 2.15 bits per heavy atom. The van der Waals surface area contributed by atoms with Crippen molar-refractivity contribution in [3.05, 3.63) is 64.2 Å². The third kappa shape index (κ3) is 3.28. The molecule has 0 aliphatic heterocycles. The van der Waals surface area contributed by atoms with Crippen LogP contribution in [-0.4, -0.2) is 23.5 Å². The number of likely N-dealkylation sites (N-methyl/N-ethyl adjacent to an activating group) is 1. The van der Waals surface area contributed by atoms with Gasteiger partial charge in [-0.2, -0.15) is 0 Å². The highest BCUT2D eigenvalue weighted by Crippen LogP contribution is 2.23. The van der Waals surface area contributed by atoms with Crippen LogP contribution in [0.15, 0.2) is 42.6 Å². The lowest BCUT2D eigenvalue weighted by Gasteiger charge is -2.19. The quantitative estimate of drug-likeness (QED) is 0.622. The molecule has 1 aromatic heterocycles. The normalized spacial score (nSPS) is 10.3. The molecule has 0 aliphatic carbocycles. The summed E-state index contributed by atoms with van der Waals surface area (Å²) in [5.74, 6) is -0.595. The van der Waals surface area contributed by atoms with Gasteiger partial charge in [0.25, 0.3) is 5.69 Å². The lowest BCUT2D eigenvalue weighted by Crippen LogP contribution is -2.21. The van der Waals surface area contributed by atoms with E-state index in [1.54, 1.807) is 18.1 Å². The molecular weight excluding hydrogens is 261 g/mol. The molecule has 1 aromatic carbocycles. The van der Waals surface area contributed by atoms with Crippen molar-refractivity contribution in [1.29, 1.82) is 0 Å². The molecule has 0 N–H and O–H groups in total. The first-order valence-electron chi connectivity index (χ1n) is 6.13. The van der Waals surface area contributed by atoms with Crippen LogP contribution >= 0.6 is 0 Å².